The number of benzene rings is 2. The maximum atomic E-state index is 11.8. The lowest BCUT2D eigenvalue weighted by molar-refractivity contribution is -0.137. The second-order valence-electron chi connectivity index (χ2n) is 5.55. The van der Waals surface area contributed by atoms with Crippen molar-refractivity contribution < 1.29 is 9.53 Å². The van der Waals surface area contributed by atoms with Crippen molar-refractivity contribution in [2.75, 3.05) is 6.61 Å². The highest BCUT2D eigenvalue weighted by Gasteiger charge is 2.30. The topological polar surface area (TPSA) is 57.0 Å². The number of thioether (sulfide) groups is 1. The van der Waals surface area contributed by atoms with Crippen LogP contribution in [0.4, 0.5) is 0 Å². The molecule has 4 rings (SSSR count). The molecule has 126 valence electrons. The number of carbonyl (C=O) groups excluding carboxylic acids is 1. The summed E-state index contributed by atoms with van der Waals surface area (Å²) in [6, 6.07) is 17.3. The van der Waals surface area contributed by atoms with Gasteiger partial charge in [0.2, 0.25) is 0 Å². The molecule has 7 heteroatoms. The first kappa shape index (κ1) is 16.2. The van der Waals surface area contributed by atoms with E-state index in [1.165, 1.54) is 11.8 Å². The number of nitrogens with zero attached hydrogens (tertiary/aromatic N) is 3. The van der Waals surface area contributed by atoms with Crippen LogP contribution in [0.5, 0.6) is 0 Å². The van der Waals surface area contributed by atoms with Gasteiger partial charge in [0.1, 0.15) is 5.25 Å². The van der Waals surface area contributed by atoms with Gasteiger partial charge in [0, 0.05) is 22.7 Å². The molecule has 0 saturated carbocycles. The van der Waals surface area contributed by atoms with Crippen LogP contribution in [0.25, 0.3) is 17.1 Å². The number of rotatable bonds is 4. The monoisotopic (exact) mass is 371 g/mol. The van der Waals surface area contributed by atoms with Gasteiger partial charge < -0.3 is 4.74 Å². The molecule has 1 aliphatic rings. The number of halogens is 1. The number of hydrogen-bond donors (Lipinski definition) is 0. The normalized spacial score (nSPS) is 16.8. The Hall–Kier alpha value is -2.31. The summed E-state index contributed by atoms with van der Waals surface area (Å²) in [4.78, 5) is 11.8. The van der Waals surface area contributed by atoms with Crippen LogP contribution in [0.3, 0.4) is 0 Å². The maximum absolute atomic E-state index is 11.8. The maximum Gasteiger partial charge on any atom is 0.319 e. The van der Waals surface area contributed by atoms with Gasteiger partial charge in [-0.25, -0.2) is 0 Å². The van der Waals surface area contributed by atoms with Crippen molar-refractivity contribution in [2.24, 2.45) is 0 Å². The Balaban J connectivity index is 1.80. The Labute approximate surface area is 154 Å². The van der Waals surface area contributed by atoms with Crippen LogP contribution in [0.2, 0.25) is 5.02 Å². The van der Waals surface area contributed by atoms with Crippen LogP contribution in [0.1, 0.15) is 6.42 Å². The Morgan fingerprint density at radius 3 is 2.52 bits per heavy atom. The molecule has 1 saturated heterocycles. The van der Waals surface area contributed by atoms with Crippen LogP contribution in [-0.4, -0.2) is 32.6 Å². The average Bonchev–Trinajstić information content (AvgIpc) is 3.24. The molecule has 2 heterocycles. The summed E-state index contributed by atoms with van der Waals surface area (Å²) in [5.74, 6) is 0.522. The van der Waals surface area contributed by atoms with E-state index in [0.29, 0.717) is 23.2 Å². The molecule has 0 radical (unpaired) electrons. The Bertz CT molecular complexity index is 896. The van der Waals surface area contributed by atoms with Crippen molar-refractivity contribution in [1.82, 2.24) is 14.8 Å². The zero-order chi connectivity index (χ0) is 17.2. The van der Waals surface area contributed by atoms with E-state index in [1.807, 2.05) is 59.2 Å². The van der Waals surface area contributed by atoms with Crippen molar-refractivity contribution >= 4 is 29.3 Å². The van der Waals surface area contributed by atoms with Crippen LogP contribution >= 0.6 is 23.4 Å². The molecule has 0 spiro atoms. The summed E-state index contributed by atoms with van der Waals surface area (Å²) in [6.45, 7) is 0.455. The fourth-order valence-corrected chi connectivity index (χ4v) is 3.80. The summed E-state index contributed by atoms with van der Waals surface area (Å²) >= 11 is 7.40. The minimum absolute atomic E-state index is 0.197. The number of aromatic nitrogens is 3. The molecule has 5 nitrogen and oxygen atoms in total. The van der Waals surface area contributed by atoms with Crippen molar-refractivity contribution in [3.05, 3.63) is 59.6 Å². The SMILES string of the molecule is O=C1OCC[C@@H]1Sc1nnc(-c2ccccc2)n1-c1ccc(Cl)cc1. The van der Waals surface area contributed by atoms with E-state index in [1.54, 1.807) is 0 Å². The molecule has 1 fully saturated rings. The third kappa shape index (κ3) is 3.27. The van der Waals surface area contributed by atoms with E-state index in [4.69, 9.17) is 16.3 Å². The van der Waals surface area contributed by atoms with E-state index in [2.05, 4.69) is 10.2 Å². The van der Waals surface area contributed by atoms with Crippen LogP contribution in [0, 0.1) is 0 Å². The molecular weight excluding hydrogens is 358 g/mol. The molecule has 0 bridgehead atoms. The van der Waals surface area contributed by atoms with E-state index in [9.17, 15) is 4.79 Å². The van der Waals surface area contributed by atoms with Gasteiger partial charge in [0.15, 0.2) is 11.0 Å². The van der Waals surface area contributed by atoms with E-state index in [0.717, 1.165) is 17.1 Å². The molecule has 2 aromatic carbocycles. The number of hydrogen-bond acceptors (Lipinski definition) is 5. The molecule has 1 aromatic heterocycles. The quantitative estimate of drug-likeness (QED) is 0.649. The lowest BCUT2D eigenvalue weighted by Crippen LogP contribution is -2.11. The minimum atomic E-state index is -0.251. The first-order valence-corrected chi connectivity index (χ1v) is 9.08. The second-order valence-corrected chi connectivity index (χ2v) is 7.15. The van der Waals surface area contributed by atoms with Crippen molar-refractivity contribution in [3.63, 3.8) is 0 Å². The number of carbonyl (C=O) groups is 1. The number of ether oxygens (including phenoxy) is 1. The third-order valence-electron chi connectivity index (χ3n) is 3.89. The smallest absolute Gasteiger partial charge is 0.319 e. The van der Waals surface area contributed by atoms with Crippen LogP contribution in [0.15, 0.2) is 59.8 Å². The molecule has 0 unspecified atom stereocenters. The number of esters is 1. The largest absolute Gasteiger partial charge is 0.465 e. The zero-order valence-electron chi connectivity index (χ0n) is 13.1. The fraction of sp³-hybridized carbons (Fsp3) is 0.167. The van der Waals surface area contributed by atoms with Crippen molar-refractivity contribution in [3.8, 4) is 17.1 Å². The molecule has 1 atom stereocenters. The first-order valence-electron chi connectivity index (χ1n) is 7.82. The van der Waals surface area contributed by atoms with Gasteiger partial charge in [-0.05, 0) is 24.3 Å². The Morgan fingerprint density at radius 2 is 1.84 bits per heavy atom. The summed E-state index contributed by atoms with van der Waals surface area (Å²) in [7, 11) is 0. The minimum Gasteiger partial charge on any atom is -0.465 e. The fourth-order valence-electron chi connectivity index (χ4n) is 2.66. The van der Waals surface area contributed by atoms with Crippen molar-refractivity contribution in [2.45, 2.75) is 16.8 Å². The van der Waals surface area contributed by atoms with Gasteiger partial charge in [-0.3, -0.25) is 9.36 Å². The molecule has 1 aliphatic heterocycles. The summed E-state index contributed by atoms with van der Waals surface area (Å²) in [5, 5.41) is 9.75. The molecule has 3 aromatic rings. The molecule has 0 amide bonds. The van der Waals surface area contributed by atoms with Crippen LogP contribution in [-0.2, 0) is 9.53 Å². The third-order valence-corrected chi connectivity index (χ3v) is 5.32. The first-order chi connectivity index (χ1) is 12.2. The highest BCUT2D eigenvalue weighted by atomic mass is 35.5. The van der Waals surface area contributed by atoms with E-state index < -0.39 is 0 Å². The predicted octanol–water partition coefficient (Wildman–Crippen LogP) is 4.00. The van der Waals surface area contributed by atoms with Crippen molar-refractivity contribution in [1.29, 1.82) is 0 Å². The Morgan fingerprint density at radius 1 is 1.08 bits per heavy atom. The average molecular weight is 372 g/mol. The van der Waals surface area contributed by atoms with E-state index in [-0.39, 0.29) is 11.2 Å². The highest BCUT2D eigenvalue weighted by molar-refractivity contribution is 8.00. The highest BCUT2D eigenvalue weighted by Crippen LogP contribution is 2.33. The summed E-state index contributed by atoms with van der Waals surface area (Å²) in [6.07, 6.45) is 0.678. The van der Waals surface area contributed by atoms with Gasteiger partial charge in [-0.2, -0.15) is 0 Å². The second kappa shape index (κ2) is 6.90. The Kier molecular flexibility index (Phi) is 4.46. The van der Waals surface area contributed by atoms with Gasteiger partial charge in [-0.15, -0.1) is 10.2 Å². The zero-order valence-corrected chi connectivity index (χ0v) is 14.7. The molecule has 0 aliphatic carbocycles. The lowest BCUT2D eigenvalue weighted by Gasteiger charge is -2.11. The van der Waals surface area contributed by atoms with Gasteiger partial charge in [-0.1, -0.05) is 53.7 Å². The predicted molar refractivity (Wildman–Crippen MR) is 97.0 cm³/mol. The van der Waals surface area contributed by atoms with Crippen LogP contribution < -0.4 is 0 Å². The number of cyclic esters (lactones) is 1. The molecular formula is C18H14ClN3O2S. The molecule has 25 heavy (non-hydrogen) atoms. The molecule has 0 N–H and O–H groups in total. The standard InChI is InChI=1S/C18H14ClN3O2S/c19-13-6-8-14(9-7-13)22-16(12-4-2-1-3-5-12)20-21-18(22)25-15-10-11-24-17(15)23/h1-9,15H,10-11H2/t15-/m0/s1. The van der Waals surface area contributed by atoms with Gasteiger partial charge >= 0.3 is 5.97 Å². The van der Waals surface area contributed by atoms with Gasteiger partial charge in [0.05, 0.1) is 6.61 Å². The van der Waals surface area contributed by atoms with Gasteiger partial charge in [0.25, 0.3) is 0 Å². The lowest BCUT2D eigenvalue weighted by atomic mass is 10.2. The summed E-state index contributed by atoms with van der Waals surface area (Å²) in [5.41, 5.74) is 1.84. The van der Waals surface area contributed by atoms with E-state index >= 15 is 0 Å². The summed E-state index contributed by atoms with van der Waals surface area (Å²) < 4.78 is 7.00.